The first kappa shape index (κ1) is 18.3. The fourth-order valence-electron chi connectivity index (χ4n) is 3.07. The lowest BCUT2D eigenvalue weighted by molar-refractivity contribution is 0.102. The van der Waals surface area contributed by atoms with Crippen LogP contribution in [-0.4, -0.2) is 25.7 Å². The van der Waals surface area contributed by atoms with Crippen molar-refractivity contribution in [1.29, 1.82) is 0 Å². The minimum absolute atomic E-state index is 0.139. The average Bonchev–Trinajstić information content (AvgIpc) is 3.27. The Morgan fingerprint density at radius 2 is 2.00 bits per heavy atom. The molecule has 1 amide bonds. The first-order valence-electron chi connectivity index (χ1n) is 9.11. The van der Waals surface area contributed by atoms with Crippen LogP contribution in [0.1, 0.15) is 40.7 Å². The second-order valence-corrected chi connectivity index (χ2v) is 8.35. The predicted molar refractivity (Wildman–Crippen MR) is 113 cm³/mol. The van der Waals surface area contributed by atoms with E-state index in [4.69, 9.17) is 4.98 Å². The number of hydrogen-bond acceptors (Lipinski definition) is 5. The lowest BCUT2D eigenvalue weighted by Gasteiger charge is -2.10. The number of fused-ring (bicyclic) bond motifs is 1. The normalized spacial score (nSPS) is 11.3. The van der Waals surface area contributed by atoms with Crippen LogP contribution in [0.4, 0.5) is 5.82 Å². The summed E-state index contributed by atoms with van der Waals surface area (Å²) in [5.41, 5.74) is 3.06. The van der Waals surface area contributed by atoms with Gasteiger partial charge in [0.1, 0.15) is 5.82 Å². The highest BCUT2D eigenvalue weighted by Crippen LogP contribution is 2.31. The summed E-state index contributed by atoms with van der Waals surface area (Å²) in [7, 11) is 0. The number of aromatic nitrogens is 4. The van der Waals surface area contributed by atoms with Gasteiger partial charge in [0.05, 0.1) is 27.7 Å². The molecule has 142 valence electrons. The van der Waals surface area contributed by atoms with Crippen molar-refractivity contribution >= 4 is 34.1 Å². The number of nitrogens with one attached hydrogen (secondary N) is 1. The highest BCUT2D eigenvalue weighted by atomic mass is 32.1. The monoisotopic (exact) mass is 391 g/mol. The molecule has 6 nitrogen and oxygen atoms in total. The molecule has 0 aliphatic heterocycles. The van der Waals surface area contributed by atoms with Gasteiger partial charge in [-0.25, -0.2) is 14.6 Å². The zero-order chi connectivity index (χ0) is 19.8. The Labute approximate surface area is 167 Å². The van der Waals surface area contributed by atoms with Gasteiger partial charge in [0, 0.05) is 17.1 Å². The molecule has 0 spiro atoms. The molecular formula is C21H21N5OS. The summed E-state index contributed by atoms with van der Waals surface area (Å²) in [5, 5.41) is 8.10. The first-order valence-corrected chi connectivity index (χ1v) is 9.93. The van der Waals surface area contributed by atoms with Crippen LogP contribution < -0.4 is 5.32 Å². The molecule has 0 saturated heterocycles. The van der Waals surface area contributed by atoms with E-state index >= 15 is 0 Å². The molecular weight excluding hydrogens is 370 g/mol. The Hall–Kier alpha value is -3.06. The molecule has 4 heterocycles. The molecule has 0 unspecified atom stereocenters. The summed E-state index contributed by atoms with van der Waals surface area (Å²) < 4.78 is 1.85. The number of carbonyl (C=O) groups excluding carboxylic acids is 1. The highest BCUT2D eigenvalue weighted by molar-refractivity contribution is 7.15. The zero-order valence-corrected chi connectivity index (χ0v) is 17.0. The number of rotatable bonds is 4. The molecule has 4 aromatic rings. The van der Waals surface area contributed by atoms with Gasteiger partial charge in [0.2, 0.25) is 0 Å². The highest BCUT2D eigenvalue weighted by Gasteiger charge is 2.19. The summed E-state index contributed by atoms with van der Waals surface area (Å²) in [6.45, 7) is 8.12. The number of hydrogen-bond donors (Lipinski definition) is 1. The maximum absolute atomic E-state index is 13.1. The predicted octanol–water partition coefficient (Wildman–Crippen LogP) is 5.00. The van der Waals surface area contributed by atoms with Crippen molar-refractivity contribution in [2.45, 2.75) is 33.7 Å². The van der Waals surface area contributed by atoms with Gasteiger partial charge in [-0.15, -0.1) is 11.3 Å². The van der Waals surface area contributed by atoms with Crippen LogP contribution in [0.3, 0.4) is 0 Å². The Balaban J connectivity index is 1.85. The third-order valence-corrected chi connectivity index (χ3v) is 5.47. The lowest BCUT2D eigenvalue weighted by Crippen LogP contribution is -2.14. The minimum Gasteiger partial charge on any atom is -0.307 e. The van der Waals surface area contributed by atoms with Gasteiger partial charge in [-0.2, -0.15) is 5.10 Å². The van der Waals surface area contributed by atoms with Gasteiger partial charge in [-0.1, -0.05) is 0 Å². The zero-order valence-electron chi connectivity index (χ0n) is 16.2. The van der Waals surface area contributed by atoms with E-state index in [-0.39, 0.29) is 11.9 Å². The fraction of sp³-hybridized carbons (Fsp3) is 0.238. The second-order valence-electron chi connectivity index (χ2n) is 7.06. The van der Waals surface area contributed by atoms with E-state index in [1.165, 1.54) is 4.88 Å². The number of pyridine rings is 2. The van der Waals surface area contributed by atoms with E-state index in [1.54, 1.807) is 23.7 Å². The van der Waals surface area contributed by atoms with Crippen molar-refractivity contribution in [3.05, 3.63) is 58.7 Å². The Morgan fingerprint density at radius 1 is 1.18 bits per heavy atom. The molecule has 0 fully saturated rings. The number of thiophene rings is 1. The largest absolute Gasteiger partial charge is 0.307 e. The van der Waals surface area contributed by atoms with Crippen LogP contribution >= 0.6 is 11.3 Å². The Kier molecular flexibility index (Phi) is 4.68. The van der Waals surface area contributed by atoms with Crippen molar-refractivity contribution in [1.82, 2.24) is 19.7 Å². The molecule has 4 aromatic heterocycles. The van der Waals surface area contributed by atoms with Crippen molar-refractivity contribution in [2.24, 2.45) is 0 Å². The third kappa shape index (κ3) is 3.41. The second kappa shape index (κ2) is 7.16. The molecule has 28 heavy (non-hydrogen) atoms. The van der Waals surface area contributed by atoms with Crippen molar-refractivity contribution in [2.75, 3.05) is 5.32 Å². The quantitative estimate of drug-likeness (QED) is 0.531. The van der Waals surface area contributed by atoms with E-state index in [1.807, 2.05) is 49.7 Å². The van der Waals surface area contributed by atoms with Gasteiger partial charge in [0.15, 0.2) is 5.65 Å². The van der Waals surface area contributed by atoms with Crippen molar-refractivity contribution < 1.29 is 4.79 Å². The van der Waals surface area contributed by atoms with Crippen LogP contribution in [-0.2, 0) is 0 Å². The molecule has 0 bridgehead atoms. The van der Waals surface area contributed by atoms with E-state index in [9.17, 15) is 4.79 Å². The topological polar surface area (TPSA) is 72.7 Å². The molecule has 0 aromatic carbocycles. The number of amides is 1. The Morgan fingerprint density at radius 3 is 2.68 bits per heavy atom. The fourth-order valence-corrected chi connectivity index (χ4v) is 3.90. The summed E-state index contributed by atoms with van der Waals surface area (Å²) >= 11 is 1.66. The average molecular weight is 392 g/mol. The summed E-state index contributed by atoms with van der Waals surface area (Å²) in [5.74, 6) is 0.308. The summed E-state index contributed by atoms with van der Waals surface area (Å²) in [4.78, 5) is 24.4. The lowest BCUT2D eigenvalue weighted by atomic mass is 10.1. The molecule has 0 aliphatic rings. The van der Waals surface area contributed by atoms with Crippen LogP contribution in [0, 0.1) is 13.8 Å². The van der Waals surface area contributed by atoms with E-state index < -0.39 is 0 Å². The van der Waals surface area contributed by atoms with Crippen LogP contribution in [0.25, 0.3) is 21.6 Å². The number of aryl methyl sites for hydroxylation is 2. The minimum atomic E-state index is -0.219. The van der Waals surface area contributed by atoms with Gasteiger partial charge in [-0.3, -0.25) is 4.79 Å². The molecule has 0 saturated carbocycles. The Bertz CT molecular complexity index is 1170. The van der Waals surface area contributed by atoms with Crippen LogP contribution in [0.15, 0.2) is 42.7 Å². The molecule has 0 radical (unpaired) electrons. The van der Waals surface area contributed by atoms with Crippen molar-refractivity contribution in [3.63, 3.8) is 0 Å². The SMILES string of the molecule is Cc1ccnc(NC(=O)c2cc(-c3ccc(C)s3)nc3c2cnn3C(C)C)c1. The van der Waals surface area contributed by atoms with Gasteiger partial charge >= 0.3 is 0 Å². The van der Waals surface area contributed by atoms with E-state index in [0.29, 0.717) is 17.0 Å². The van der Waals surface area contributed by atoms with Crippen molar-refractivity contribution in [3.8, 4) is 10.6 Å². The number of nitrogens with zero attached hydrogens (tertiary/aromatic N) is 4. The maximum Gasteiger partial charge on any atom is 0.257 e. The summed E-state index contributed by atoms with van der Waals surface area (Å²) in [6.07, 6.45) is 3.40. The summed E-state index contributed by atoms with van der Waals surface area (Å²) in [6, 6.07) is 9.81. The van der Waals surface area contributed by atoms with E-state index in [0.717, 1.165) is 21.5 Å². The van der Waals surface area contributed by atoms with Crippen LogP contribution in [0.5, 0.6) is 0 Å². The van der Waals surface area contributed by atoms with E-state index in [2.05, 4.69) is 28.4 Å². The van der Waals surface area contributed by atoms with Gasteiger partial charge in [0.25, 0.3) is 5.91 Å². The molecule has 0 aliphatic carbocycles. The molecule has 7 heteroatoms. The first-order chi connectivity index (χ1) is 13.4. The van der Waals surface area contributed by atoms with Gasteiger partial charge < -0.3 is 5.32 Å². The maximum atomic E-state index is 13.1. The molecule has 4 rings (SSSR count). The smallest absolute Gasteiger partial charge is 0.257 e. The number of carbonyl (C=O) groups is 1. The third-order valence-electron chi connectivity index (χ3n) is 4.45. The molecule has 1 N–H and O–H groups in total. The van der Waals surface area contributed by atoms with Gasteiger partial charge in [-0.05, 0) is 63.6 Å². The number of anilines is 1. The molecule has 0 atom stereocenters. The standard InChI is InChI=1S/C21H21N5OS/c1-12(2)26-20-16(11-23-26)15(10-17(24-20)18-6-5-14(4)28-18)21(27)25-19-9-13(3)7-8-22-19/h5-12H,1-4H3,(H,22,25,27). The van der Waals surface area contributed by atoms with Crippen LogP contribution in [0.2, 0.25) is 0 Å².